The van der Waals surface area contributed by atoms with Crippen LogP contribution in [0.4, 0.5) is 5.69 Å². The fourth-order valence-electron chi connectivity index (χ4n) is 2.60. The minimum absolute atomic E-state index is 0.516. The van der Waals surface area contributed by atoms with E-state index in [1.165, 1.54) is 32.5 Å². The number of anilines is 1. The first-order valence-electron chi connectivity index (χ1n) is 6.98. The lowest BCUT2D eigenvalue weighted by Crippen LogP contribution is -2.40. The largest absolute Gasteiger partial charge is 0.381 e. The summed E-state index contributed by atoms with van der Waals surface area (Å²) in [5.41, 5.74) is 0.994. The van der Waals surface area contributed by atoms with Crippen LogP contribution < -0.4 is 5.32 Å². The van der Waals surface area contributed by atoms with Crippen molar-refractivity contribution in [2.24, 2.45) is 5.92 Å². The predicted octanol–water partition coefficient (Wildman–Crippen LogP) is 4.53. The van der Waals surface area contributed by atoms with Crippen molar-refractivity contribution in [3.05, 3.63) is 28.2 Å². The lowest BCUT2D eigenvalue weighted by atomic mass is 10.0. The van der Waals surface area contributed by atoms with E-state index in [1.54, 1.807) is 6.07 Å². The molecule has 0 spiro atoms. The molecule has 1 fully saturated rings. The molecule has 1 heterocycles. The smallest absolute Gasteiger partial charge is 0.0652 e. The van der Waals surface area contributed by atoms with E-state index in [0.717, 1.165) is 11.6 Å². The van der Waals surface area contributed by atoms with Gasteiger partial charge in [-0.1, -0.05) is 37.0 Å². The zero-order chi connectivity index (χ0) is 13.8. The lowest BCUT2D eigenvalue weighted by molar-refractivity contribution is 0.198. The Kier molecular flexibility index (Phi) is 5.37. The van der Waals surface area contributed by atoms with Crippen LogP contribution in [0.1, 0.15) is 26.7 Å². The van der Waals surface area contributed by atoms with Crippen molar-refractivity contribution < 1.29 is 0 Å². The van der Waals surface area contributed by atoms with Gasteiger partial charge in [-0.2, -0.15) is 0 Å². The summed E-state index contributed by atoms with van der Waals surface area (Å²) < 4.78 is 0. The second-order valence-corrected chi connectivity index (χ2v) is 6.58. The monoisotopic (exact) mass is 300 g/mol. The van der Waals surface area contributed by atoms with Crippen LogP contribution in [0.15, 0.2) is 18.2 Å². The van der Waals surface area contributed by atoms with Crippen LogP contribution in [-0.2, 0) is 0 Å². The molecule has 0 bridgehead atoms. The molecule has 1 aliphatic rings. The summed E-state index contributed by atoms with van der Waals surface area (Å²) in [5, 5.41) is 4.92. The molecule has 2 nitrogen and oxygen atoms in total. The number of likely N-dealkylation sites (tertiary alicyclic amines) is 1. The fourth-order valence-corrected chi connectivity index (χ4v) is 3.07. The Bertz CT molecular complexity index is 413. The van der Waals surface area contributed by atoms with Crippen LogP contribution >= 0.6 is 23.2 Å². The van der Waals surface area contributed by atoms with Crippen LogP contribution in [0.5, 0.6) is 0 Å². The van der Waals surface area contributed by atoms with E-state index >= 15 is 0 Å². The van der Waals surface area contributed by atoms with Gasteiger partial charge in [-0.05, 0) is 37.0 Å². The Labute approximate surface area is 126 Å². The summed E-state index contributed by atoms with van der Waals surface area (Å²) in [6.07, 6.45) is 2.34. The molecule has 1 aromatic carbocycles. The minimum Gasteiger partial charge on any atom is -0.381 e. The number of piperidine rings is 1. The summed E-state index contributed by atoms with van der Waals surface area (Å²) in [6.45, 7) is 8.09. The van der Waals surface area contributed by atoms with Gasteiger partial charge in [-0.15, -0.1) is 0 Å². The van der Waals surface area contributed by atoms with Crippen molar-refractivity contribution in [2.45, 2.75) is 32.7 Å². The van der Waals surface area contributed by atoms with E-state index in [2.05, 4.69) is 24.1 Å². The highest BCUT2D eigenvalue weighted by atomic mass is 35.5. The van der Waals surface area contributed by atoms with Gasteiger partial charge in [0.2, 0.25) is 0 Å². The molecule has 1 aliphatic heterocycles. The van der Waals surface area contributed by atoms with Gasteiger partial charge in [0, 0.05) is 30.7 Å². The van der Waals surface area contributed by atoms with Crippen molar-refractivity contribution >= 4 is 28.9 Å². The summed E-state index contributed by atoms with van der Waals surface area (Å²) in [6, 6.07) is 6.15. The van der Waals surface area contributed by atoms with Gasteiger partial charge in [-0.25, -0.2) is 0 Å². The summed E-state index contributed by atoms with van der Waals surface area (Å²) in [4.78, 5) is 2.55. The molecule has 0 atom stereocenters. The van der Waals surface area contributed by atoms with Gasteiger partial charge >= 0.3 is 0 Å². The van der Waals surface area contributed by atoms with Crippen LogP contribution in [-0.4, -0.2) is 30.6 Å². The first kappa shape index (κ1) is 15.0. The van der Waals surface area contributed by atoms with Gasteiger partial charge in [0.1, 0.15) is 0 Å². The standard InChI is InChI=1S/C15H22Cl2N2/c1-11(2)10-19-7-5-13(6-8-19)18-15-4-3-12(16)9-14(15)17/h3-4,9,11,13,18H,5-8,10H2,1-2H3. The third-order valence-corrected chi connectivity index (χ3v) is 4.05. The second kappa shape index (κ2) is 6.83. The molecule has 0 saturated carbocycles. The average molecular weight is 301 g/mol. The van der Waals surface area contributed by atoms with Gasteiger partial charge < -0.3 is 10.2 Å². The van der Waals surface area contributed by atoms with Crippen molar-refractivity contribution in [1.82, 2.24) is 4.90 Å². The van der Waals surface area contributed by atoms with Crippen molar-refractivity contribution in [2.75, 3.05) is 25.0 Å². The zero-order valence-electron chi connectivity index (χ0n) is 11.6. The van der Waals surface area contributed by atoms with Crippen LogP contribution in [0, 0.1) is 5.92 Å². The first-order valence-corrected chi connectivity index (χ1v) is 7.74. The van der Waals surface area contributed by atoms with E-state index in [0.29, 0.717) is 16.1 Å². The van der Waals surface area contributed by atoms with E-state index < -0.39 is 0 Å². The third kappa shape index (κ3) is 4.55. The number of rotatable bonds is 4. The maximum atomic E-state index is 6.19. The quantitative estimate of drug-likeness (QED) is 0.879. The molecule has 4 heteroatoms. The van der Waals surface area contributed by atoms with E-state index in [9.17, 15) is 0 Å². The Morgan fingerprint density at radius 3 is 2.53 bits per heavy atom. The van der Waals surface area contributed by atoms with E-state index in [-0.39, 0.29) is 0 Å². The highest BCUT2D eigenvalue weighted by Crippen LogP contribution is 2.27. The molecule has 0 radical (unpaired) electrons. The molecule has 106 valence electrons. The topological polar surface area (TPSA) is 15.3 Å². The second-order valence-electron chi connectivity index (χ2n) is 5.74. The number of nitrogens with zero attached hydrogens (tertiary/aromatic N) is 1. The normalized spacial score (nSPS) is 17.9. The van der Waals surface area contributed by atoms with Crippen molar-refractivity contribution in [3.63, 3.8) is 0 Å². The molecule has 1 N–H and O–H groups in total. The Morgan fingerprint density at radius 1 is 1.26 bits per heavy atom. The van der Waals surface area contributed by atoms with Gasteiger partial charge in [-0.3, -0.25) is 0 Å². The molecular formula is C15H22Cl2N2. The van der Waals surface area contributed by atoms with Crippen molar-refractivity contribution in [1.29, 1.82) is 0 Å². The van der Waals surface area contributed by atoms with Crippen molar-refractivity contribution in [3.8, 4) is 0 Å². The molecule has 0 aromatic heterocycles. The maximum absolute atomic E-state index is 6.19. The van der Waals surface area contributed by atoms with Crippen LogP contribution in [0.25, 0.3) is 0 Å². The predicted molar refractivity (Wildman–Crippen MR) is 84.4 cm³/mol. The third-order valence-electron chi connectivity index (χ3n) is 3.50. The molecule has 0 amide bonds. The lowest BCUT2D eigenvalue weighted by Gasteiger charge is -2.33. The van der Waals surface area contributed by atoms with Crippen LogP contribution in [0.2, 0.25) is 10.0 Å². The van der Waals surface area contributed by atoms with Crippen LogP contribution in [0.3, 0.4) is 0 Å². The van der Waals surface area contributed by atoms with E-state index in [1.807, 2.05) is 12.1 Å². The highest BCUT2D eigenvalue weighted by molar-refractivity contribution is 6.36. The number of benzene rings is 1. The molecule has 0 unspecified atom stereocenters. The number of hydrogen-bond acceptors (Lipinski definition) is 2. The molecule has 2 rings (SSSR count). The molecule has 1 saturated heterocycles. The number of halogens is 2. The average Bonchev–Trinajstić information content (AvgIpc) is 2.34. The molecular weight excluding hydrogens is 279 g/mol. The molecule has 19 heavy (non-hydrogen) atoms. The molecule has 1 aromatic rings. The number of hydrogen-bond donors (Lipinski definition) is 1. The molecule has 0 aliphatic carbocycles. The Balaban J connectivity index is 1.85. The van der Waals surface area contributed by atoms with Gasteiger partial charge in [0.05, 0.1) is 10.7 Å². The Hall–Kier alpha value is -0.440. The summed E-state index contributed by atoms with van der Waals surface area (Å²) in [5.74, 6) is 0.746. The van der Waals surface area contributed by atoms with E-state index in [4.69, 9.17) is 23.2 Å². The summed E-state index contributed by atoms with van der Waals surface area (Å²) in [7, 11) is 0. The zero-order valence-corrected chi connectivity index (χ0v) is 13.1. The fraction of sp³-hybridized carbons (Fsp3) is 0.600. The highest BCUT2D eigenvalue weighted by Gasteiger charge is 2.19. The maximum Gasteiger partial charge on any atom is 0.0652 e. The Morgan fingerprint density at radius 2 is 1.95 bits per heavy atom. The minimum atomic E-state index is 0.516. The summed E-state index contributed by atoms with van der Waals surface area (Å²) >= 11 is 12.1. The van der Waals surface area contributed by atoms with Gasteiger partial charge in [0.15, 0.2) is 0 Å². The number of nitrogens with one attached hydrogen (secondary N) is 1. The van der Waals surface area contributed by atoms with Gasteiger partial charge in [0.25, 0.3) is 0 Å². The first-order chi connectivity index (χ1) is 9.04. The SMILES string of the molecule is CC(C)CN1CCC(Nc2ccc(Cl)cc2Cl)CC1.